The van der Waals surface area contributed by atoms with Crippen LogP contribution in [0.15, 0.2) is 30.3 Å². The number of hydrogen-bond acceptors (Lipinski definition) is 4. The molecule has 4 rings (SSSR count). The Hall–Kier alpha value is -1.89. The molecular weight excluding hydrogens is 294 g/mol. The standard InChI is InChI=1S/C17H21N3O3/c21-16-11-20(10-15(16)19-5-7-23-8-6-19)17(22)14-9-12-3-1-2-4-13(12)18-14/h1-4,9,15-16,18,21H,5-8,10-11H2/t15-,16-/m1/s1. The highest BCUT2D eigenvalue weighted by atomic mass is 16.5. The molecule has 122 valence electrons. The third kappa shape index (κ3) is 2.73. The fourth-order valence-corrected chi connectivity index (χ4v) is 3.56. The number of nitrogens with one attached hydrogen (secondary N) is 1. The summed E-state index contributed by atoms with van der Waals surface area (Å²) in [5.74, 6) is -0.0454. The normalized spacial score (nSPS) is 26.0. The zero-order valence-corrected chi connectivity index (χ0v) is 12.9. The summed E-state index contributed by atoms with van der Waals surface area (Å²) in [4.78, 5) is 19.9. The summed E-state index contributed by atoms with van der Waals surface area (Å²) >= 11 is 0. The predicted octanol–water partition coefficient (Wildman–Crippen LogP) is 0.685. The Labute approximate surface area is 134 Å². The van der Waals surface area contributed by atoms with Crippen LogP contribution in [-0.4, -0.2) is 77.3 Å². The van der Waals surface area contributed by atoms with Crippen molar-refractivity contribution in [3.63, 3.8) is 0 Å². The van der Waals surface area contributed by atoms with Gasteiger partial charge in [0.2, 0.25) is 0 Å². The van der Waals surface area contributed by atoms with Crippen LogP contribution >= 0.6 is 0 Å². The molecule has 0 unspecified atom stereocenters. The molecule has 2 aromatic rings. The van der Waals surface area contributed by atoms with E-state index < -0.39 is 6.10 Å². The number of carbonyl (C=O) groups excluding carboxylic acids is 1. The number of fused-ring (bicyclic) bond motifs is 1. The van der Waals surface area contributed by atoms with Crippen molar-refractivity contribution in [2.24, 2.45) is 0 Å². The van der Waals surface area contributed by atoms with E-state index in [2.05, 4.69) is 9.88 Å². The summed E-state index contributed by atoms with van der Waals surface area (Å²) in [5, 5.41) is 11.4. The second-order valence-electron chi connectivity index (χ2n) is 6.26. The Morgan fingerprint density at radius 2 is 2.00 bits per heavy atom. The molecule has 6 heteroatoms. The van der Waals surface area contributed by atoms with E-state index >= 15 is 0 Å². The minimum atomic E-state index is -0.499. The maximum absolute atomic E-state index is 12.7. The summed E-state index contributed by atoms with van der Waals surface area (Å²) in [7, 11) is 0. The minimum Gasteiger partial charge on any atom is -0.390 e. The molecule has 6 nitrogen and oxygen atoms in total. The lowest BCUT2D eigenvalue weighted by Crippen LogP contribution is -2.49. The molecule has 0 radical (unpaired) electrons. The number of morpholine rings is 1. The number of aromatic nitrogens is 1. The van der Waals surface area contributed by atoms with Crippen LogP contribution in [0.3, 0.4) is 0 Å². The largest absolute Gasteiger partial charge is 0.390 e. The fraction of sp³-hybridized carbons (Fsp3) is 0.471. The number of nitrogens with zero attached hydrogens (tertiary/aromatic N) is 2. The van der Waals surface area contributed by atoms with E-state index in [1.165, 1.54) is 0 Å². The molecule has 1 amide bonds. The summed E-state index contributed by atoms with van der Waals surface area (Å²) in [5.41, 5.74) is 1.54. The van der Waals surface area contributed by atoms with Crippen molar-refractivity contribution in [2.45, 2.75) is 12.1 Å². The first-order chi connectivity index (χ1) is 11.2. The number of β-amino-alcohol motifs (C(OH)–C–C–N with tert-alkyl or cyclic N) is 1. The molecule has 2 N–H and O–H groups in total. The van der Waals surface area contributed by atoms with Gasteiger partial charge in [-0.05, 0) is 12.1 Å². The monoisotopic (exact) mass is 315 g/mol. The molecule has 0 bridgehead atoms. The van der Waals surface area contributed by atoms with Crippen molar-refractivity contribution in [3.05, 3.63) is 36.0 Å². The summed E-state index contributed by atoms with van der Waals surface area (Å²) in [6.45, 7) is 3.97. The van der Waals surface area contributed by atoms with Gasteiger partial charge in [0.1, 0.15) is 5.69 Å². The van der Waals surface area contributed by atoms with Crippen molar-refractivity contribution >= 4 is 16.8 Å². The lowest BCUT2D eigenvalue weighted by atomic mass is 10.1. The molecule has 1 aromatic carbocycles. The van der Waals surface area contributed by atoms with Crippen molar-refractivity contribution in [1.82, 2.24) is 14.8 Å². The van der Waals surface area contributed by atoms with Crippen LogP contribution in [0.25, 0.3) is 10.9 Å². The quantitative estimate of drug-likeness (QED) is 0.855. The predicted molar refractivity (Wildman–Crippen MR) is 86.4 cm³/mol. The Bertz CT molecular complexity index is 675. The van der Waals surface area contributed by atoms with Crippen LogP contribution in [-0.2, 0) is 4.74 Å². The topological polar surface area (TPSA) is 68.8 Å². The van der Waals surface area contributed by atoms with Crippen LogP contribution < -0.4 is 0 Å². The van der Waals surface area contributed by atoms with Gasteiger partial charge in [-0.2, -0.15) is 0 Å². The van der Waals surface area contributed by atoms with Gasteiger partial charge in [0.25, 0.3) is 5.91 Å². The maximum Gasteiger partial charge on any atom is 0.270 e. The van der Waals surface area contributed by atoms with E-state index in [0.29, 0.717) is 32.0 Å². The molecular formula is C17H21N3O3. The first-order valence-electron chi connectivity index (χ1n) is 8.09. The van der Waals surface area contributed by atoms with Gasteiger partial charge < -0.3 is 19.7 Å². The molecule has 1 aromatic heterocycles. The van der Waals surface area contributed by atoms with Crippen molar-refractivity contribution in [3.8, 4) is 0 Å². The number of aromatic amines is 1. The Balaban J connectivity index is 1.50. The first-order valence-corrected chi connectivity index (χ1v) is 8.09. The van der Waals surface area contributed by atoms with E-state index in [1.54, 1.807) is 4.90 Å². The summed E-state index contributed by atoms with van der Waals surface area (Å²) < 4.78 is 5.36. The number of benzene rings is 1. The van der Waals surface area contributed by atoms with Crippen molar-refractivity contribution in [1.29, 1.82) is 0 Å². The minimum absolute atomic E-state index is 0.00669. The molecule has 0 aliphatic carbocycles. The van der Waals surface area contributed by atoms with E-state index in [0.717, 1.165) is 24.0 Å². The number of amides is 1. The number of carbonyl (C=O) groups is 1. The van der Waals surface area contributed by atoms with Crippen LogP contribution in [0, 0.1) is 0 Å². The third-order valence-corrected chi connectivity index (χ3v) is 4.82. The number of aliphatic hydroxyl groups is 1. The highest BCUT2D eigenvalue weighted by Gasteiger charge is 2.38. The summed E-state index contributed by atoms with van der Waals surface area (Å²) in [6.07, 6.45) is -0.499. The highest BCUT2D eigenvalue weighted by molar-refractivity contribution is 5.98. The lowest BCUT2D eigenvalue weighted by Gasteiger charge is -2.33. The molecule has 0 spiro atoms. The molecule has 0 saturated carbocycles. The van der Waals surface area contributed by atoms with E-state index in [9.17, 15) is 9.90 Å². The number of para-hydroxylation sites is 1. The second kappa shape index (κ2) is 5.96. The van der Waals surface area contributed by atoms with E-state index in [1.807, 2.05) is 30.3 Å². The molecule has 2 atom stereocenters. The van der Waals surface area contributed by atoms with Gasteiger partial charge in [-0.3, -0.25) is 9.69 Å². The zero-order valence-electron chi connectivity index (χ0n) is 12.9. The third-order valence-electron chi connectivity index (χ3n) is 4.82. The number of hydrogen-bond donors (Lipinski definition) is 2. The molecule has 2 aliphatic heterocycles. The van der Waals surface area contributed by atoms with Gasteiger partial charge >= 0.3 is 0 Å². The van der Waals surface area contributed by atoms with Gasteiger partial charge in [0, 0.05) is 37.1 Å². The van der Waals surface area contributed by atoms with Crippen LogP contribution in [0.1, 0.15) is 10.5 Å². The summed E-state index contributed by atoms with van der Waals surface area (Å²) in [6, 6.07) is 9.73. The zero-order chi connectivity index (χ0) is 15.8. The molecule has 2 saturated heterocycles. The lowest BCUT2D eigenvalue weighted by molar-refractivity contribution is -0.00611. The molecule has 23 heavy (non-hydrogen) atoms. The van der Waals surface area contributed by atoms with Crippen molar-refractivity contribution < 1.29 is 14.6 Å². The van der Waals surface area contributed by atoms with Gasteiger partial charge in [-0.1, -0.05) is 18.2 Å². The number of rotatable bonds is 2. The fourth-order valence-electron chi connectivity index (χ4n) is 3.56. The SMILES string of the molecule is O=C(c1cc2ccccc2[nH]1)N1C[C@@H](O)[C@H](N2CCOCC2)C1. The van der Waals surface area contributed by atoms with Crippen LogP contribution in [0.4, 0.5) is 0 Å². The molecule has 2 fully saturated rings. The van der Waals surface area contributed by atoms with E-state index in [4.69, 9.17) is 4.74 Å². The molecule has 2 aliphatic rings. The average Bonchev–Trinajstić information content (AvgIpc) is 3.18. The van der Waals surface area contributed by atoms with Gasteiger partial charge in [0.15, 0.2) is 0 Å². The highest BCUT2D eigenvalue weighted by Crippen LogP contribution is 2.21. The van der Waals surface area contributed by atoms with Crippen LogP contribution in [0.2, 0.25) is 0 Å². The number of likely N-dealkylation sites (tertiary alicyclic amines) is 1. The number of H-pyrrole nitrogens is 1. The van der Waals surface area contributed by atoms with Gasteiger partial charge in [-0.25, -0.2) is 0 Å². The smallest absolute Gasteiger partial charge is 0.270 e. The van der Waals surface area contributed by atoms with Crippen molar-refractivity contribution in [2.75, 3.05) is 39.4 Å². The van der Waals surface area contributed by atoms with Gasteiger partial charge in [-0.15, -0.1) is 0 Å². The molecule has 3 heterocycles. The first kappa shape index (κ1) is 14.7. The number of aliphatic hydroxyl groups excluding tert-OH is 1. The van der Waals surface area contributed by atoms with Crippen LogP contribution in [0.5, 0.6) is 0 Å². The Morgan fingerprint density at radius 3 is 2.78 bits per heavy atom. The van der Waals surface area contributed by atoms with E-state index in [-0.39, 0.29) is 11.9 Å². The second-order valence-corrected chi connectivity index (χ2v) is 6.26. The van der Waals surface area contributed by atoms with Gasteiger partial charge in [0.05, 0.1) is 25.4 Å². The number of ether oxygens (including phenoxy) is 1. The average molecular weight is 315 g/mol. The Morgan fingerprint density at radius 1 is 1.22 bits per heavy atom. The Kier molecular flexibility index (Phi) is 3.80. The maximum atomic E-state index is 12.7.